The molecule has 0 amide bonds. The van der Waals surface area contributed by atoms with Crippen molar-refractivity contribution in [3.8, 4) is 0 Å². The van der Waals surface area contributed by atoms with Crippen LogP contribution in [0.3, 0.4) is 0 Å². The lowest BCUT2D eigenvalue weighted by atomic mass is 9.85. The Morgan fingerprint density at radius 2 is 1.62 bits per heavy atom. The molecule has 0 unspecified atom stereocenters. The van der Waals surface area contributed by atoms with Crippen LogP contribution in [0.15, 0.2) is 0 Å². The van der Waals surface area contributed by atoms with Crippen LogP contribution in [0.4, 0.5) is 0 Å². The first kappa shape index (κ1) is 15.7. The summed E-state index contributed by atoms with van der Waals surface area (Å²) in [7, 11) is 0. The molecule has 0 bridgehead atoms. The normalized spacial score (nSPS) is 12.8. The number of hydrogen-bond acceptors (Lipinski definition) is 2. The molecular weight excluding hydrogens is 218 g/mol. The quantitative estimate of drug-likeness (QED) is 0.759. The van der Waals surface area contributed by atoms with Crippen LogP contribution in [-0.4, -0.2) is 16.8 Å². The van der Waals surface area contributed by atoms with Gasteiger partial charge in [0, 0.05) is 5.54 Å². The summed E-state index contributed by atoms with van der Waals surface area (Å²) in [6, 6.07) is 0. The third-order valence-corrected chi connectivity index (χ3v) is 2.48. The lowest BCUT2D eigenvalue weighted by molar-refractivity contribution is 0.208. The van der Waals surface area contributed by atoms with Crippen molar-refractivity contribution in [2.45, 2.75) is 73.0 Å². The Hall–Kier alpha value is -0.310. The Labute approximate surface area is 106 Å². The van der Waals surface area contributed by atoms with Crippen molar-refractivity contribution in [3.05, 3.63) is 0 Å². The summed E-state index contributed by atoms with van der Waals surface area (Å²) in [6.45, 7) is 15.1. The first-order chi connectivity index (χ1) is 7.02. The Kier molecular flexibility index (Phi) is 5.74. The van der Waals surface area contributed by atoms with Gasteiger partial charge >= 0.3 is 0 Å². The Bertz CT molecular complexity index is 229. The summed E-state index contributed by atoms with van der Waals surface area (Å²) in [5.41, 5.74) is 0.360. The van der Waals surface area contributed by atoms with Gasteiger partial charge in [-0.1, -0.05) is 20.8 Å². The molecule has 0 atom stereocenters. The summed E-state index contributed by atoms with van der Waals surface area (Å²) in [6.07, 6.45) is 2.38. The molecule has 0 aliphatic rings. The first-order valence-corrected chi connectivity index (χ1v) is 6.41. The van der Waals surface area contributed by atoms with Crippen molar-refractivity contribution >= 4 is 17.4 Å². The van der Waals surface area contributed by atoms with Crippen molar-refractivity contribution in [3.63, 3.8) is 0 Å². The van der Waals surface area contributed by atoms with Crippen molar-refractivity contribution in [1.29, 1.82) is 0 Å². The Balaban J connectivity index is 4.09. The number of nitrogens with one attached hydrogen (secondary N) is 1. The molecule has 96 valence electrons. The zero-order valence-corrected chi connectivity index (χ0v) is 12.6. The van der Waals surface area contributed by atoms with Crippen LogP contribution >= 0.6 is 12.2 Å². The maximum atomic E-state index is 5.44. The van der Waals surface area contributed by atoms with E-state index in [2.05, 4.69) is 39.9 Å². The summed E-state index contributed by atoms with van der Waals surface area (Å²) >= 11 is 5.15. The van der Waals surface area contributed by atoms with Crippen molar-refractivity contribution < 1.29 is 4.74 Å². The van der Waals surface area contributed by atoms with E-state index in [0.717, 1.165) is 12.8 Å². The molecule has 3 heteroatoms. The van der Waals surface area contributed by atoms with Gasteiger partial charge in [-0.3, -0.25) is 0 Å². The average molecular weight is 245 g/mol. The fourth-order valence-electron chi connectivity index (χ4n) is 1.27. The minimum absolute atomic E-state index is 0.000741. The molecule has 0 saturated heterocycles. The standard InChI is InChI=1S/C13H27NOS/c1-10(2)15-11(16)14-13(6,7)9-8-12(3,4)5/h10H,8-9H2,1-7H3,(H,14,16). The monoisotopic (exact) mass is 245 g/mol. The van der Waals surface area contributed by atoms with Crippen LogP contribution in [0.5, 0.6) is 0 Å². The van der Waals surface area contributed by atoms with E-state index in [-0.39, 0.29) is 11.6 Å². The lowest BCUT2D eigenvalue weighted by Crippen LogP contribution is -2.44. The van der Waals surface area contributed by atoms with Gasteiger partial charge in [-0.25, -0.2) is 0 Å². The average Bonchev–Trinajstić information content (AvgIpc) is 1.96. The second kappa shape index (κ2) is 5.85. The molecule has 0 fully saturated rings. The van der Waals surface area contributed by atoms with Crippen molar-refractivity contribution in [1.82, 2.24) is 5.32 Å². The van der Waals surface area contributed by atoms with Gasteiger partial charge in [-0.2, -0.15) is 0 Å². The maximum absolute atomic E-state index is 5.44. The van der Waals surface area contributed by atoms with Gasteiger partial charge in [0.25, 0.3) is 5.17 Å². The molecule has 0 aliphatic heterocycles. The fraction of sp³-hybridized carbons (Fsp3) is 0.923. The Morgan fingerprint density at radius 3 is 2.00 bits per heavy atom. The van der Waals surface area contributed by atoms with E-state index in [1.165, 1.54) is 0 Å². The van der Waals surface area contributed by atoms with E-state index in [0.29, 0.717) is 10.6 Å². The van der Waals surface area contributed by atoms with E-state index in [1.807, 2.05) is 13.8 Å². The number of rotatable bonds is 4. The maximum Gasteiger partial charge on any atom is 0.257 e. The lowest BCUT2D eigenvalue weighted by Gasteiger charge is -2.31. The summed E-state index contributed by atoms with van der Waals surface area (Å²) in [5, 5.41) is 3.78. The molecule has 2 nitrogen and oxygen atoms in total. The molecule has 0 radical (unpaired) electrons. The molecule has 0 aromatic heterocycles. The first-order valence-electron chi connectivity index (χ1n) is 6.01. The second-order valence-corrected chi connectivity index (χ2v) is 6.89. The van der Waals surface area contributed by atoms with Gasteiger partial charge in [0.1, 0.15) is 0 Å². The predicted molar refractivity (Wildman–Crippen MR) is 74.7 cm³/mol. The highest BCUT2D eigenvalue weighted by Gasteiger charge is 2.22. The van der Waals surface area contributed by atoms with E-state index in [9.17, 15) is 0 Å². The largest absolute Gasteiger partial charge is 0.468 e. The number of ether oxygens (including phenoxy) is 1. The molecule has 0 saturated carbocycles. The van der Waals surface area contributed by atoms with Gasteiger partial charge in [0.2, 0.25) is 0 Å². The number of hydrogen-bond donors (Lipinski definition) is 1. The van der Waals surface area contributed by atoms with Gasteiger partial charge in [0.05, 0.1) is 6.10 Å². The minimum atomic E-state index is -0.000741. The zero-order chi connectivity index (χ0) is 13.0. The minimum Gasteiger partial charge on any atom is -0.468 e. The van der Waals surface area contributed by atoms with E-state index in [4.69, 9.17) is 17.0 Å². The van der Waals surface area contributed by atoms with E-state index >= 15 is 0 Å². The summed E-state index contributed by atoms with van der Waals surface area (Å²) in [5.74, 6) is 0. The molecule has 0 aliphatic carbocycles. The van der Waals surface area contributed by atoms with Crippen LogP contribution in [0.25, 0.3) is 0 Å². The summed E-state index contributed by atoms with van der Waals surface area (Å²) < 4.78 is 5.44. The zero-order valence-electron chi connectivity index (χ0n) is 11.8. The van der Waals surface area contributed by atoms with Crippen molar-refractivity contribution in [2.75, 3.05) is 0 Å². The molecule has 0 heterocycles. The van der Waals surface area contributed by atoms with Gasteiger partial charge in [0.15, 0.2) is 0 Å². The van der Waals surface area contributed by atoms with Gasteiger partial charge in [-0.05, 0) is 58.2 Å². The molecular formula is C13H27NOS. The van der Waals surface area contributed by atoms with E-state index in [1.54, 1.807) is 0 Å². The fourth-order valence-corrected chi connectivity index (χ4v) is 1.74. The second-order valence-electron chi connectivity index (χ2n) is 6.52. The number of thiocarbonyl (C=S) groups is 1. The predicted octanol–water partition coefficient (Wildman–Crippen LogP) is 3.89. The summed E-state index contributed by atoms with van der Waals surface area (Å²) in [4.78, 5) is 0. The third-order valence-electron chi connectivity index (χ3n) is 2.28. The molecule has 0 rings (SSSR count). The molecule has 1 N–H and O–H groups in total. The molecule has 0 aromatic carbocycles. The Morgan fingerprint density at radius 1 is 1.12 bits per heavy atom. The van der Waals surface area contributed by atoms with Gasteiger partial charge in [-0.15, -0.1) is 0 Å². The van der Waals surface area contributed by atoms with Crippen LogP contribution in [-0.2, 0) is 4.74 Å². The third kappa shape index (κ3) is 8.96. The highest BCUT2D eigenvalue weighted by Crippen LogP contribution is 2.25. The topological polar surface area (TPSA) is 21.3 Å². The van der Waals surface area contributed by atoms with Crippen molar-refractivity contribution in [2.24, 2.45) is 5.41 Å². The highest BCUT2D eigenvalue weighted by atomic mass is 32.1. The smallest absolute Gasteiger partial charge is 0.257 e. The van der Waals surface area contributed by atoms with E-state index < -0.39 is 0 Å². The SMILES string of the molecule is CC(C)OC(=S)NC(C)(C)CCC(C)(C)C. The highest BCUT2D eigenvalue weighted by molar-refractivity contribution is 7.80. The van der Waals surface area contributed by atoms with Crippen LogP contribution in [0.1, 0.15) is 61.3 Å². The molecule has 0 aromatic rings. The molecule has 16 heavy (non-hydrogen) atoms. The van der Waals surface area contributed by atoms with Crippen LogP contribution < -0.4 is 5.32 Å². The van der Waals surface area contributed by atoms with Gasteiger partial charge < -0.3 is 10.1 Å². The van der Waals surface area contributed by atoms with Crippen LogP contribution in [0, 0.1) is 5.41 Å². The van der Waals surface area contributed by atoms with Crippen LogP contribution in [0.2, 0.25) is 0 Å². The molecule has 0 spiro atoms.